The Hall–Kier alpha value is -1.14. The van der Waals surface area contributed by atoms with Crippen LogP contribution in [0, 0.1) is 0 Å². The molecule has 1 aromatic heterocycles. The summed E-state index contributed by atoms with van der Waals surface area (Å²) in [7, 11) is 1.50. The molecule has 66 valence electrons. The molecular weight excluding hydrogens is 180 g/mol. The predicted molar refractivity (Wildman–Crippen MR) is 43.1 cm³/mol. The third kappa shape index (κ3) is 2.18. The summed E-state index contributed by atoms with van der Waals surface area (Å²) in [5.41, 5.74) is 5.00. The molecule has 0 atom stereocenters. The van der Waals surface area contributed by atoms with Crippen molar-refractivity contribution in [1.82, 2.24) is 4.98 Å². The van der Waals surface area contributed by atoms with E-state index in [4.69, 9.17) is 10.5 Å². The van der Waals surface area contributed by atoms with Crippen LogP contribution >= 0.6 is 11.3 Å². The van der Waals surface area contributed by atoms with Crippen molar-refractivity contribution >= 4 is 17.2 Å². The first-order chi connectivity index (χ1) is 5.74. The van der Waals surface area contributed by atoms with Crippen molar-refractivity contribution < 1.29 is 14.3 Å². The molecule has 0 radical (unpaired) electrons. The van der Waals surface area contributed by atoms with Gasteiger partial charge in [-0.25, -0.2) is 4.98 Å². The summed E-state index contributed by atoms with van der Waals surface area (Å²) >= 11 is 1.09. The molecule has 0 saturated carbocycles. The van der Waals surface area contributed by atoms with Gasteiger partial charge >= 0.3 is 0 Å². The van der Waals surface area contributed by atoms with Gasteiger partial charge in [0.25, 0.3) is 11.1 Å². The summed E-state index contributed by atoms with van der Waals surface area (Å²) < 4.78 is 9.61. The molecule has 1 heterocycles. The van der Waals surface area contributed by atoms with Crippen LogP contribution in [0.3, 0.4) is 0 Å². The quantitative estimate of drug-likeness (QED) is 0.686. The maximum Gasteiger partial charge on any atom is 0.276 e. The van der Waals surface area contributed by atoms with Gasteiger partial charge in [0.05, 0.1) is 6.20 Å². The number of primary amides is 1. The number of rotatable bonds is 4. The molecular formula is C6H8N2O3S. The Bertz CT molecular complexity index is 274. The minimum Gasteiger partial charge on any atom is -0.443 e. The summed E-state index contributed by atoms with van der Waals surface area (Å²) in [6, 6.07) is 0. The van der Waals surface area contributed by atoms with E-state index in [0.29, 0.717) is 10.1 Å². The van der Waals surface area contributed by atoms with Crippen LogP contribution in [-0.2, 0) is 4.74 Å². The fourth-order valence-electron chi connectivity index (χ4n) is 0.548. The van der Waals surface area contributed by atoms with Gasteiger partial charge in [-0.15, -0.1) is 0 Å². The van der Waals surface area contributed by atoms with Gasteiger partial charge in [-0.3, -0.25) is 4.79 Å². The van der Waals surface area contributed by atoms with Crippen molar-refractivity contribution in [3.63, 3.8) is 0 Å². The number of hydrogen-bond acceptors (Lipinski definition) is 5. The summed E-state index contributed by atoms with van der Waals surface area (Å²) in [6.45, 7) is 0.117. The topological polar surface area (TPSA) is 74.4 Å². The lowest BCUT2D eigenvalue weighted by Gasteiger charge is -1.96. The Morgan fingerprint density at radius 1 is 1.83 bits per heavy atom. The molecule has 0 bridgehead atoms. The van der Waals surface area contributed by atoms with Gasteiger partial charge in [-0.1, -0.05) is 11.3 Å². The highest BCUT2D eigenvalue weighted by atomic mass is 32.1. The maximum atomic E-state index is 10.6. The van der Waals surface area contributed by atoms with Gasteiger partial charge in [-0.2, -0.15) is 0 Å². The summed E-state index contributed by atoms with van der Waals surface area (Å²) in [5.74, 6) is -0.500. The molecule has 0 aliphatic carbocycles. The average molecular weight is 188 g/mol. The average Bonchev–Trinajstić information content (AvgIpc) is 2.48. The normalized spacial score (nSPS) is 9.75. The molecule has 1 aromatic rings. The number of thiazole rings is 1. The zero-order valence-corrected chi connectivity index (χ0v) is 7.26. The van der Waals surface area contributed by atoms with Crippen LogP contribution in [0.2, 0.25) is 0 Å². The zero-order valence-electron chi connectivity index (χ0n) is 6.44. The van der Waals surface area contributed by atoms with E-state index in [9.17, 15) is 4.79 Å². The molecule has 0 aliphatic rings. The van der Waals surface area contributed by atoms with Crippen molar-refractivity contribution in [3.05, 3.63) is 11.1 Å². The molecule has 0 aromatic carbocycles. The molecule has 5 nitrogen and oxygen atoms in total. The lowest BCUT2D eigenvalue weighted by Crippen LogP contribution is -2.08. The first-order valence-corrected chi connectivity index (χ1v) is 3.93. The van der Waals surface area contributed by atoms with E-state index >= 15 is 0 Å². The summed E-state index contributed by atoms with van der Waals surface area (Å²) in [6.07, 6.45) is 1.37. The third-order valence-electron chi connectivity index (χ3n) is 1.03. The van der Waals surface area contributed by atoms with Gasteiger partial charge in [0, 0.05) is 7.11 Å². The minimum absolute atomic E-state index is 0.117. The smallest absolute Gasteiger partial charge is 0.276 e. The molecule has 0 spiro atoms. The zero-order chi connectivity index (χ0) is 8.97. The van der Waals surface area contributed by atoms with Crippen molar-refractivity contribution in [3.8, 4) is 5.19 Å². The number of amides is 1. The highest BCUT2D eigenvalue weighted by Crippen LogP contribution is 2.19. The second-order valence-electron chi connectivity index (χ2n) is 1.91. The van der Waals surface area contributed by atoms with Crippen LogP contribution in [0.4, 0.5) is 0 Å². The largest absolute Gasteiger partial charge is 0.443 e. The van der Waals surface area contributed by atoms with Crippen LogP contribution in [0.5, 0.6) is 5.19 Å². The number of carbonyl (C=O) groups excluding carboxylic acids is 1. The number of hydrogen-bond donors (Lipinski definition) is 1. The van der Waals surface area contributed by atoms with Crippen LogP contribution in [0.1, 0.15) is 9.67 Å². The van der Waals surface area contributed by atoms with E-state index < -0.39 is 5.91 Å². The Morgan fingerprint density at radius 3 is 3.08 bits per heavy atom. The number of nitrogens with zero attached hydrogens (tertiary/aromatic N) is 1. The second kappa shape index (κ2) is 4.03. The van der Waals surface area contributed by atoms with E-state index in [2.05, 4.69) is 9.72 Å². The molecule has 12 heavy (non-hydrogen) atoms. The second-order valence-corrected chi connectivity index (χ2v) is 2.90. The van der Waals surface area contributed by atoms with Crippen molar-refractivity contribution in [2.45, 2.75) is 0 Å². The predicted octanol–water partition coefficient (Wildman–Crippen LogP) is 0.225. The van der Waals surface area contributed by atoms with Gasteiger partial charge in [0.2, 0.25) is 0 Å². The van der Waals surface area contributed by atoms with Crippen molar-refractivity contribution in [2.24, 2.45) is 5.73 Å². The van der Waals surface area contributed by atoms with Crippen LogP contribution < -0.4 is 10.5 Å². The Labute approximate surface area is 73.1 Å². The molecule has 0 aliphatic heterocycles. The monoisotopic (exact) mass is 188 g/mol. The fraction of sp³-hybridized carbons (Fsp3) is 0.333. The van der Waals surface area contributed by atoms with E-state index in [1.165, 1.54) is 13.3 Å². The molecule has 0 unspecified atom stereocenters. The number of aromatic nitrogens is 1. The van der Waals surface area contributed by atoms with E-state index in [1.807, 2.05) is 0 Å². The number of nitrogens with two attached hydrogens (primary N) is 1. The number of methoxy groups -OCH3 is 1. The molecule has 1 amide bonds. The third-order valence-corrected chi connectivity index (χ3v) is 1.95. The standard InChI is InChI=1S/C6H8N2O3S/c1-10-3-11-6-8-2-4(12-6)5(7)9/h2H,3H2,1H3,(H2,7,9). The summed E-state index contributed by atoms with van der Waals surface area (Å²) in [5, 5.41) is 0.380. The van der Waals surface area contributed by atoms with Crippen molar-refractivity contribution in [2.75, 3.05) is 13.9 Å². The fourth-order valence-corrected chi connectivity index (χ4v) is 1.15. The lowest BCUT2D eigenvalue weighted by atomic mass is 10.5. The van der Waals surface area contributed by atoms with E-state index in [-0.39, 0.29) is 6.79 Å². The molecule has 0 fully saturated rings. The Morgan fingerprint density at radius 2 is 2.58 bits per heavy atom. The molecule has 1 rings (SSSR count). The number of carbonyl (C=O) groups is 1. The van der Waals surface area contributed by atoms with Crippen molar-refractivity contribution in [1.29, 1.82) is 0 Å². The van der Waals surface area contributed by atoms with Gasteiger partial charge in [0.15, 0.2) is 6.79 Å². The molecule has 0 saturated heterocycles. The van der Waals surface area contributed by atoms with Gasteiger partial charge in [-0.05, 0) is 0 Å². The van der Waals surface area contributed by atoms with Crippen LogP contribution in [-0.4, -0.2) is 24.8 Å². The van der Waals surface area contributed by atoms with E-state index in [1.54, 1.807) is 0 Å². The SMILES string of the molecule is COCOc1ncc(C(N)=O)s1. The Kier molecular flexibility index (Phi) is 3.01. The summed E-state index contributed by atoms with van der Waals surface area (Å²) in [4.78, 5) is 14.8. The maximum absolute atomic E-state index is 10.6. The minimum atomic E-state index is -0.500. The Balaban J connectivity index is 2.58. The first-order valence-electron chi connectivity index (χ1n) is 3.11. The first kappa shape index (κ1) is 8.95. The molecule has 2 N–H and O–H groups in total. The number of ether oxygens (including phenoxy) is 2. The lowest BCUT2D eigenvalue weighted by molar-refractivity contribution is 0.0509. The van der Waals surface area contributed by atoms with Gasteiger partial charge < -0.3 is 15.2 Å². The van der Waals surface area contributed by atoms with E-state index in [0.717, 1.165) is 11.3 Å². The van der Waals surface area contributed by atoms with Crippen LogP contribution in [0.15, 0.2) is 6.20 Å². The van der Waals surface area contributed by atoms with Gasteiger partial charge in [0.1, 0.15) is 4.88 Å². The highest BCUT2D eigenvalue weighted by molar-refractivity contribution is 7.15. The molecule has 6 heteroatoms. The highest BCUT2D eigenvalue weighted by Gasteiger charge is 2.06. The van der Waals surface area contributed by atoms with Crippen LogP contribution in [0.25, 0.3) is 0 Å².